The van der Waals surface area contributed by atoms with Crippen LogP contribution in [0.2, 0.25) is 0 Å². The molecule has 1 aromatic heterocycles. The summed E-state index contributed by atoms with van der Waals surface area (Å²) in [5.41, 5.74) is 1.28. The number of hydrogen-bond acceptors (Lipinski definition) is 4. The van der Waals surface area contributed by atoms with Crippen LogP contribution >= 0.6 is 11.3 Å². The molecular weight excluding hydrogens is 222 g/mol. The van der Waals surface area contributed by atoms with E-state index in [1.807, 2.05) is 7.05 Å². The number of rotatable bonds is 5. The lowest BCUT2D eigenvalue weighted by atomic mass is 10.0. The van der Waals surface area contributed by atoms with Crippen LogP contribution in [0.1, 0.15) is 12.0 Å². The lowest BCUT2D eigenvalue weighted by Crippen LogP contribution is -2.30. The van der Waals surface area contributed by atoms with Gasteiger partial charge in [0.25, 0.3) is 0 Å². The van der Waals surface area contributed by atoms with Gasteiger partial charge in [-0.15, -0.1) is 0 Å². The maximum atomic E-state index is 11.9. The molecule has 1 aliphatic heterocycles. The first-order chi connectivity index (χ1) is 7.75. The molecule has 2 rings (SSSR count). The van der Waals surface area contributed by atoms with Crippen LogP contribution in [0.15, 0.2) is 16.8 Å². The molecule has 2 heterocycles. The van der Waals surface area contributed by atoms with E-state index in [4.69, 9.17) is 4.74 Å². The third-order valence-electron chi connectivity index (χ3n) is 2.84. The molecule has 1 saturated heterocycles. The lowest BCUT2D eigenvalue weighted by molar-refractivity contribution is -0.123. The first kappa shape index (κ1) is 11.8. The highest BCUT2D eigenvalue weighted by molar-refractivity contribution is 7.07. The molecule has 1 fully saturated rings. The number of ketones is 1. The predicted octanol–water partition coefficient (Wildman–Crippen LogP) is 1.79. The molecule has 0 amide bonds. The van der Waals surface area contributed by atoms with Gasteiger partial charge in [0.2, 0.25) is 0 Å². The van der Waals surface area contributed by atoms with Crippen molar-refractivity contribution in [1.82, 2.24) is 4.90 Å². The van der Waals surface area contributed by atoms with E-state index in [1.54, 1.807) is 11.3 Å². The van der Waals surface area contributed by atoms with Gasteiger partial charge < -0.3 is 4.74 Å². The van der Waals surface area contributed by atoms with Crippen molar-refractivity contribution in [3.05, 3.63) is 22.4 Å². The number of Topliss-reactive ketones (excluding diaryl/α,β-unsaturated/α-hetero) is 1. The fraction of sp³-hybridized carbons (Fsp3) is 0.583. The van der Waals surface area contributed by atoms with Crippen LogP contribution in [0.3, 0.4) is 0 Å². The Balaban J connectivity index is 1.78. The van der Waals surface area contributed by atoms with E-state index in [0.29, 0.717) is 18.9 Å². The molecule has 3 nitrogen and oxygen atoms in total. The summed E-state index contributed by atoms with van der Waals surface area (Å²) in [7, 11) is 1.99. The second-order valence-electron chi connectivity index (χ2n) is 4.33. The summed E-state index contributed by atoms with van der Waals surface area (Å²) in [6, 6.07) is 2.10. The van der Waals surface area contributed by atoms with Crippen molar-refractivity contribution in [2.75, 3.05) is 26.8 Å². The lowest BCUT2D eigenvalue weighted by Gasteiger charge is -2.16. The molecule has 0 bridgehead atoms. The smallest absolute Gasteiger partial charge is 0.152 e. The molecule has 16 heavy (non-hydrogen) atoms. The summed E-state index contributed by atoms with van der Waals surface area (Å²) < 4.78 is 5.23. The summed E-state index contributed by atoms with van der Waals surface area (Å²) in [6.45, 7) is 2.74. The van der Waals surface area contributed by atoms with Gasteiger partial charge >= 0.3 is 0 Å². The van der Waals surface area contributed by atoms with Gasteiger partial charge in [0, 0.05) is 19.1 Å². The largest absolute Gasteiger partial charge is 0.381 e. The number of likely N-dealkylation sites (N-methyl/N-ethyl adjacent to an activating group) is 1. The monoisotopic (exact) mass is 239 g/mol. The standard InChI is InChI=1S/C12H17NO2S/c1-13(6-10-3-5-16-9-10)7-12(14)11-2-4-15-8-11/h3,5,9,11H,2,4,6-8H2,1H3. The van der Waals surface area contributed by atoms with Crippen molar-refractivity contribution >= 4 is 17.1 Å². The van der Waals surface area contributed by atoms with Crippen molar-refractivity contribution in [1.29, 1.82) is 0 Å². The highest BCUT2D eigenvalue weighted by Crippen LogP contribution is 2.14. The Kier molecular flexibility index (Phi) is 4.09. The van der Waals surface area contributed by atoms with Crippen molar-refractivity contribution in [2.45, 2.75) is 13.0 Å². The van der Waals surface area contributed by atoms with Crippen molar-refractivity contribution in [2.24, 2.45) is 5.92 Å². The normalized spacial score (nSPS) is 20.5. The molecule has 0 aromatic carbocycles. The molecule has 0 saturated carbocycles. The Bertz CT molecular complexity index is 331. The van der Waals surface area contributed by atoms with Crippen LogP contribution in [0.4, 0.5) is 0 Å². The Morgan fingerprint density at radius 3 is 3.19 bits per heavy atom. The summed E-state index contributed by atoms with van der Waals surface area (Å²) in [5, 5.41) is 4.19. The van der Waals surface area contributed by atoms with Crippen LogP contribution in [0, 0.1) is 5.92 Å². The topological polar surface area (TPSA) is 29.5 Å². The van der Waals surface area contributed by atoms with Crippen LogP contribution in [-0.2, 0) is 16.1 Å². The SMILES string of the molecule is CN(CC(=O)C1CCOC1)Cc1ccsc1. The Hall–Kier alpha value is -0.710. The third kappa shape index (κ3) is 3.14. The van der Waals surface area contributed by atoms with Crippen molar-refractivity contribution < 1.29 is 9.53 Å². The van der Waals surface area contributed by atoms with Gasteiger partial charge in [-0.3, -0.25) is 9.69 Å². The minimum absolute atomic E-state index is 0.130. The number of thiophene rings is 1. The summed E-state index contributed by atoms with van der Waals surface area (Å²) in [5.74, 6) is 0.445. The Morgan fingerprint density at radius 2 is 2.56 bits per heavy atom. The molecule has 88 valence electrons. The van der Waals surface area contributed by atoms with E-state index < -0.39 is 0 Å². The molecule has 4 heteroatoms. The fourth-order valence-corrected chi connectivity index (χ4v) is 2.59. The summed E-state index contributed by atoms with van der Waals surface area (Å²) in [4.78, 5) is 13.9. The van der Waals surface area contributed by atoms with Gasteiger partial charge in [-0.05, 0) is 35.9 Å². The molecule has 1 aliphatic rings. The van der Waals surface area contributed by atoms with E-state index in [2.05, 4.69) is 21.7 Å². The number of carbonyl (C=O) groups is 1. The highest BCUT2D eigenvalue weighted by atomic mass is 32.1. The van der Waals surface area contributed by atoms with Crippen LogP contribution in [0.25, 0.3) is 0 Å². The number of ether oxygens (including phenoxy) is 1. The van der Waals surface area contributed by atoms with Crippen LogP contribution in [-0.4, -0.2) is 37.5 Å². The van der Waals surface area contributed by atoms with Gasteiger partial charge in [-0.1, -0.05) is 0 Å². The number of carbonyl (C=O) groups excluding carboxylic acids is 1. The zero-order chi connectivity index (χ0) is 11.4. The quantitative estimate of drug-likeness (QED) is 0.784. The minimum Gasteiger partial charge on any atom is -0.381 e. The fourth-order valence-electron chi connectivity index (χ4n) is 1.93. The summed E-state index contributed by atoms with van der Waals surface area (Å²) in [6.07, 6.45) is 0.894. The van der Waals surface area contributed by atoms with E-state index >= 15 is 0 Å². The maximum Gasteiger partial charge on any atom is 0.152 e. The first-order valence-electron chi connectivity index (χ1n) is 5.56. The Labute approximate surface area is 100 Å². The minimum atomic E-state index is 0.130. The molecule has 1 aromatic rings. The molecule has 0 N–H and O–H groups in total. The van der Waals surface area contributed by atoms with E-state index in [1.165, 1.54) is 5.56 Å². The predicted molar refractivity (Wildman–Crippen MR) is 64.6 cm³/mol. The third-order valence-corrected chi connectivity index (χ3v) is 3.58. The summed E-state index contributed by atoms with van der Waals surface area (Å²) >= 11 is 1.69. The second-order valence-corrected chi connectivity index (χ2v) is 5.11. The first-order valence-corrected chi connectivity index (χ1v) is 6.50. The maximum absolute atomic E-state index is 11.9. The van der Waals surface area contributed by atoms with Gasteiger partial charge in [0.1, 0.15) is 0 Å². The van der Waals surface area contributed by atoms with Crippen LogP contribution < -0.4 is 0 Å². The van der Waals surface area contributed by atoms with E-state index in [9.17, 15) is 4.79 Å². The number of nitrogens with zero attached hydrogens (tertiary/aromatic N) is 1. The van der Waals surface area contributed by atoms with Gasteiger partial charge in [-0.2, -0.15) is 11.3 Å². The average Bonchev–Trinajstić information content (AvgIpc) is 2.88. The number of hydrogen-bond donors (Lipinski definition) is 0. The molecule has 0 spiro atoms. The zero-order valence-electron chi connectivity index (χ0n) is 9.52. The highest BCUT2D eigenvalue weighted by Gasteiger charge is 2.23. The molecule has 1 unspecified atom stereocenters. The van der Waals surface area contributed by atoms with E-state index in [0.717, 1.165) is 19.6 Å². The average molecular weight is 239 g/mol. The van der Waals surface area contributed by atoms with Crippen molar-refractivity contribution in [3.8, 4) is 0 Å². The van der Waals surface area contributed by atoms with Crippen molar-refractivity contribution in [3.63, 3.8) is 0 Å². The van der Waals surface area contributed by atoms with Crippen LogP contribution in [0.5, 0.6) is 0 Å². The van der Waals surface area contributed by atoms with Gasteiger partial charge in [-0.25, -0.2) is 0 Å². The molecule has 0 aliphatic carbocycles. The second kappa shape index (κ2) is 5.57. The van der Waals surface area contributed by atoms with Gasteiger partial charge in [0.05, 0.1) is 13.2 Å². The molecular formula is C12H17NO2S. The molecule has 0 radical (unpaired) electrons. The zero-order valence-corrected chi connectivity index (χ0v) is 10.3. The Morgan fingerprint density at radius 1 is 1.69 bits per heavy atom. The molecule has 1 atom stereocenters. The van der Waals surface area contributed by atoms with E-state index in [-0.39, 0.29) is 5.92 Å². The van der Waals surface area contributed by atoms with Gasteiger partial charge in [0.15, 0.2) is 5.78 Å².